The molecule has 0 radical (unpaired) electrons. The van der Waals surface area contributed by atoms with Crippen molar-refractivity contribution >= 4 is 33.8 Å². The fraction of sp³-hybridized carbons (Fsp3) is 0.381. The van der Waals surface area contributed by atoms with Crippen molar-refractivity contribution in [3.8, 4) is 0 Å². The number of fused-ring (bicyclic) bond motifs is 1. The van der Waals surface area contributed by atoms with Crippen LogP contribution in [0.1, 0.15) is 41.0 Å². The molecule has 1 aromatic carbocycles. The molecule has 1 unspecified atom stereocenters. The van der Waals surface area contributed by atoms with Crippen LogP contribution in [0.15, 0.2) is 41.9 Å². The van der Waals surface area contributed by atoms with E-state index >= 15 is 0 Å². The van der Waals surface area contributed by atoms with Crippen molar-refractivity contribution in [2.45, 2.75) is 25.8 Å². The maximum atomic E-state index is 12.9. The number of amides is 1. The van der Waals surface area contributed by atoms with Crippen LogP contribution in [-0.4, -0.2) is 40.3 Å². The van der Waals surface area contributed by atoms with Gasteiger partial charge in [0.2, 0.25) is 0 Å². The molecule has 1 atom stereocenters. The number of rotatable bonds is 6. The van der Waals surface area contributed by atoms with Gasteiger partial charge in [0.05, 0.1) is 16.5 Å². The van der Waals surface area contributed by atoms with Crippen LogP contribution in [0, 0.1) is 16.0 Å². The van der Waals surface area contributed by atoms with Gasteiger partial charge in [0, 0.05) is 40.7 Å². The van der Waals surface area contributed by atoms with Gasteiger partial charge in [-0.15, -0.1) is 11.3 Å². The molecule has 4 rings (SSSR count). The Morgan fingerprint density at radius 3 is 2.86 bits per heavy atom. The maximum absolute atomic E-state index is 12.9. The molecule has 7 nitrogen and oxygen atoms in total. The molecule has 1 saturated heterocycles. The fourth-order valence-electron chi connectivity index (χ4n) is 3.93. The number of piperidine rings is 1. The summed E-state index contributed by atoms with van der Waals surface area (Å²) in [7, 11) is 0. The van der Waals surface area contributed by atoms with E-state index in [1.54, 1.807) is 23.6 Å². The molecule has 8 heteroatoms. The molecule has 29 heavy (non-hydrogen) atoms. The molecule has 2 N–H and O–H groups in total. The lowest BCUT2D eigenvalue weighted by Gasteiger charge is -2.36. The fourth-order valence-corrected chi connectivity index (χ4v) is 4.79. The van der Waals surface area contributed by atoms with Crippen molar-refractivity contribution in [1.29, 1.82) is 0 Å². The predicted molar refractivity (Wildman–Crippen MR) is 114 cm³/mol. The lowest BCUT2D eigenvalue weighted by atomic mass is 9.97. The maximum Gasteiger partial charge on any atom is 0.270 e. The van der Waals surface area contributed by atoms with E-state index in [0.29, 0.717) is 23.0 Å². The molecule has 2 aromatic heterocycles. The number of carbonyl (C=O) groups is 1. The van der Waals surface area contributed by atoms with Crippen LogP contribution >= 0.6 is 11.3 Å². The summed E-state index contributed by atoms with van der Waals surface area (Å²) < 4.78 is 0. The second kappa shape index (κ2) is 8.34. The number of benzene rings is 1. The van der Waals surface area contributed by atoms with Crippen LogP contribution in [0.2, 0.25) is 0 Å². The zero-order valence-corrected chi connectivity index (χ0v) is 17.1. The van der Waals surface area contributed by atoms with Gasteiger partial charge in [-0.2, -0.15) is 0 Å². The number of carbonyl (C=O) groups excluding carboxylic acids is 1. The Morgan fingerprint density at radius 1 is 1.38 bits per heavy atom. The Bertz CT molecular complexity index is 1010. The van der Waals surface area contributed by atoms with Crippen molar-refractivity contribution < 1.29 is 9.72 Å². The quantitative estimate of drug-likeness (QED) is 0.465. The highest BCUT2D eigenvalue weighted by Crippen LogP contribution is 2.29. The summed E-state index contributed by atoms with van der Waals surface area (Å²) in [6.45, 7) is 4.85. The van der Waals surface area contributed by atoms with E-state index in [4.69, 9.17) is 0 Å². The Morgan fingerprint density at radius 2 is 2.17 bits per heavy atom. The molecule has 0 saturated carbocycles. The van der Waals surface area contributed by atoms with Crippen LogP contribution in [0.25, 0.3) is 10.9 Å². The molecule has 1 amide bonds. The molecular formula is C21H24N4O3S. The second-order valence-electron chi connectivity index (χ2n) is 7.65. The Hall–Kier alpha value is -2.71. The topological polar surface area (TPSA) is 91.3 Å². The van der Waals surface area contributed by atoms with Gasteiger partial charge in [-0.1, -0.05) is 13.0 Å². The average molecular weight is 413 g/mol. The van der Waals surface area contributed by atoms with Crippen molar-refractivity contribution in [1.82, 2.24) is 15.2 Å². The summed E-state index contributed by atoms with van der Waals surface area (Å²) in [6.07, 6.45) is 3.95. The van der Waals surface area contributed by atoms with Gasteiger partial charge in [0.25, 0.3) is 11.6 Å². The van der Waals surface area contributed by atoms with Gasteiger partial charge in [-0.05, 0) is 49.4 Å². The summed E-state index contributed by atoms with van der Waals surface area (Å²) in [5, 5.41) is 16.8. The lowest BCUT2D eigenvalue weighted by molar-refractivity contribution is -0.384. The number of hydrogen-bond donors (Lipinski definition) is 2. The monoisotopic (exact) mass is 412 g/mol. The number of non-ortho nitro benzene ring substituents is 1. The predicted octanol–water partition coefficient (Wildman–Crippen LogP) is 4.34. The number of nitrogens with zero attached hydrogens (tertiary/aromatic N) is 2. The van der Waals surface area contributed by atoms with Crippen LogP contribution in [-0.2, 0) is 0 Å². The van der Waals surface area contributed by atoms with Gasteiger partial charge in [0.15, 0.2) is 0 Å². The minimum Gasteiger partial charge on any atom is -0.360 e. The van der Waals surface area contributed by atoms with Crippen molar-refractivity contribution in [2.75, 3.05) is 19.6 Å². The van der Waals surface area contributed by atoms with E-state index < -0.39 is 4.92 Å². The molecule has 152 valence electrons. The van der Waals surface area contributed by atoms with Crippen LogP contribution in [0.5, 0.6) is 0 Å². The molecule has 0 bridgehead atoms. The number of hydrogen-bond acceptors (Lipinski definition) is 5. The molecule has 1 fully saturated rings. The van der Waals surface area contributed by atoms with Crippen molar-refractivity contribution in [3.63, 3.8) is 0 Å². The van der Waals surface area contributed by atoms with E-state index in [1.165, 1.54) is 29.9 Å². The summed E-state index contributed by atoms with van der Waals surface area (Å²) >= 11 is 1.71. The normalized spacial score (nSPS) is 16.7. The Labute approximate surface area is 172 Å². The molecule has 3 heterocycles. The SMILES string of the molecule is CC1CCN(C(CNC(=O)c2c[nH]c3ccc([N+](=O)[O-])cc23)c2cccs2)CC1. The number of aromatic amines is 1. The first-order valence-electron chi connectivity index (χ1n) is 9.84. The van der Waals surface area contributed by atoms with Gasteiger partial charge >= 0.3 is 0 Å². The highest BCUT2D eigenvalue weighted by molar-refractivity contribution is 7.10. The van der Waals surface area contributed by atoms with Gasteiger partial charge in [-0.3, -0.25) is 19.8 Å². The molecule has 0 aliphatic carbocycles. The average Bonchev–Trinajstić information content (AvgIpc) is 3.38. The number of H-pyrrole nitrogens is 1. The largest absolute Gasteiger partial charge is 0.360 e. The number of nitrogens with one attached hydrogen (secondary N) is 2. The number of nitro benzene ring substituents is 1. The minimum absolute atomic E-state index is 0.0231. The Balaban J connectivity index is 1.52. The number of nitro groups is 1. The third kappa shape index (κ3) is 4.18. The van der Waals surface area contributed by atoms with Crippen LogP contribution < -0.4 is 5.32 Å². The van der Waals surface area contributed by atoms with Crippen molar-refractivity contribution in [3.05, 3.63) is 62.5 Å². The summed E-state index contributed by atoms with van der Waals surface area (Å²) in [5.41, 5.74) is 1.12. The highest BCUT2D eigenvalue weighted by atomic mass is 32.1. The Kier molecular flexibility index (Phi) is 5.64. The van der Waals surface area contributed by atoms with Crippen LogP contribution in [0.3, 0.4) is 0 Å². The first-order chi connectivity index (χ1) is 14.0. The van der Waals surface area contributed by atoms with Crippen molar-refractivity contribution in [2.24, 2.45) is 5.92 Å². The first kappa shape index (κ1) is 19.6. The first-order valence-corrected chi connectivity index (χ1v) is 10.7. The summed E-state index contributed by atoms with van der Waals surface area (Å²) in [6, 6.07) is 8.82. The van der Waals surface area contributed by atoms with Gasteiger partial charge in [-0.25, -0.2) is 0 Å². The second-order valence-corrected chi connectivity index (χ2v) is 8.63. The number of aromatic nitrogens is 1. The zero-order chi connectivity index (χ0) is 20.4. The smallest absolute Gasteiger partial charge is 0.270 e. The summed E-state index contributed by atoms with van der Waals surface area (Å²) in [5.74, 6) is 0.524. The van der Waals surface area contributed by atoms with E-state index in [1.807, 2.05) is 6.07 Å². The van der Waals surface area contributed by atoms with E-state index in [9.17, 15) is 14.9 Å². The standard InChI is InChI=1S/C21H24N4O3S/c1-14-6-8-24(9-7-14)19(20-3-2-10-29-20)13-23-21(26)17-12-22-18-5-4-15(25(27)28)11-16(17)18/h2-5,10-12,14,19,22H,6-9,13H2,1H3,(H,23,26). The molecule has 1 aliphatic heterocycles. The van der Waals surface area contributed by atoms with E-state index in [-0.39, 0.29) is 17.6 Å². The number of likely N-dealkylation sites (tertiary alicyclic amines) is 1. The lowest BCUT2D eigenvalue weighted by Crippen LogP contribution is -2.41. The molecular weight excluding hydrogens is 388 g/mol. The zero-order valence-electron chi connectivity index (χ0n) is 16.3. The third-order valence-electron chi connectivity index (χ3n) is 5.71. The molecule has 0 spiro atoms. The summed E-state index contributed by atoms with van der Waals surface area (Å²) in [4.78, 5) is 30.3. The third-order valence-corrected chi connectivity index (χ3v) is 6.68. The number of thiophene rings is 1. The van der Waals surface area contributed by atoms with E-state index in [2.05, 4.69) is 33.6 Å². The van der Waals surface area contributed by atoms with E-state index in [0.717, 1.165) is 19.0 Å². The minimum atomic E-state index is -0.446. The van der Waals surface area contributed by atoms with Gasteiger partial charge < -0.3 is 10.3 Å². The molecule has 1 aliphatic rings. The highest BCUT2D eigenvalue weighted by Gasteiger charge is 2.26. The van der Waals surface area contributed by atoms with Crippen LogP contribution in [0.4, 0.5) is 5.69 Å². The van der Waals surface area contributed by atoms with Gasteiger partial charge in [0.1, 0.15) is 0 Å². The molecule has 3 aromatic rings.